The number of alkyl halides is 4. The Hall–Kier alpha value is -2.49. The van der Waals surface area contributed by atoms with Gasteiger partial charge in [0.2, 0.25) is 5.95 Å². The molecule has 6 nitrogen and oxygen atoms in total. The molecule has 1 aliphatic carbocycles. The first-order valence-electron chi connectivity index (χ1n) is 10.5. The van der Waals surface area contributed by atoms with Gasteiger partial charge in [-0.15, -0.1) is 0 Å². The lowest BCUT2D eigenvalue weighted by molar-refractivity contribution is -0.137. The summed E-state index contributed by atoms with van der Waals surface area (Å²) in [6.45, 7) is 6.65. The summed E-state index contributed by atoms with van der Waals surface area (Å²) in [5, 5.41) is 15.9. The Labute approximate surface area is 184 Å². The smallest absolute Gasteiger partial charge is 0.393 e. The minimum absolute atomic E-state index is 0.0120. The molecule has 1 aliphatic rings. The Kier molecular flexibility index (Phi) is 6.65. The molecule has 0 spiro atoms. The number of aromatic nitrogens is 3. The van der Waals surface area contributed by atoms with Gasteiger partial charge in [0.15, 0.2) is 0 Å². The van der Waals surface area contributed by atoms with Gasteiger partial charge in [0, 0.05) is 25.0 Å². The van der Waals surface area contributed by atoms with Crippen molar-refractivity contribution in [2.75, 3.05) is 10.6 Å². The third-order valence-electron chi connectivity index (χ3n) is 5.79. The Morgan fingerprint density at radius 3 is 2.50 bits per heavy atom. The zero-order valence-electron chi connectivity index (χ0n) is 18.6. The number of aliphatic hydroxyl groups excluding tert-OH is 1. The van der Waals surface area contributed by atoms with Crippen molar-refractivity contribution in [1.29, 1.82) is 0 Å². The molecule has 0 saturated heterocycles. The average Bonchev–Trinajstić information content (AvgIpc) is 2.68. The predicted molar refractivity (Wildman–Crippen MR) is 114 cm³/mol. The lowest BCUT2D eigenvalue weighted by atomic mass is 9.73. The molecule has 2 aromatic rings. The molecule has 0 aromatic carbocycles. The second-order valence-electron chi connectivity index (χ2n) is 9.42. The van der Waals surface area contributed by atoms with Crippen LogP contribution in [0, 0.1) is 5.41 Å². The van der Waals surface area contributed by atoms with Crippen LogP contribution in [-0.2, 0) is 18.4 Å². The summed E-state index contributed by atoms with van der Waals surface area (Å²) < 4.78 is 55.1. The fourth-order valence-corrected chi connectivity index (χ4v) is 4.01. The zero-order valence-corrected chi connectivity index (χ0v) is 18.6. The molecule has 32 heavy (non-hydrogen) atoms. The van der Waals surface area contributed by atoms with Crippen LogP contribution < -0.4 is 10.6 Å². The van der Waals surface area contributed by atoms with Crippen LogP contribution in [-0.4, -0.2) is 32.2 Å². The quantitative estimate of drug-likeness (QED) is 0.529. The largest absolute Gasteiger partial charge is 0.421 e. The molecular weight excluding hydrogens is 426 g/mol. The highest BCUT2D eigenvalue weighted by Crippen LogP contribution is 2.39. The second-order valence-corrected chi connectivity index (χ2v) is 9.42. The maximum absolute atomic E-state index is 14.4. The number of pyridine rings is 1. The van der Waals surface area contributed by atoms with Crippen molar-refractivity contribution in [3.05, 3.63) is 41.3 Å². The van der Waals surface area contributed by atoms with Gasteiger partial charge < -0.3 is 15.7 Å². The monoisotopic (exact) mass is 455 g/mol. The van der Waals surface area contributed by atoms with Crippen molar-refractivity contribution >= 4 is 11.8 Å². The van der Waals surface area contributed by atoms with Crippen molar-refractivity contribution < 1.29 is 22.7 Å². The molecule has 10 heteroatoms. The van der Waals surface area contributed by atoms with Gasteiger partial charge >= 0.3 is 6.18 Å². The van der Waals surface area contributed by atoms with Crippen molar-refractivity contribution in [2.24, 2.45) is 5.41 Å². The summed E-state index contributed by atoms with van der Waals surface area (Å²) in [7, 11) is 0. The van der Waals surface area contributed by atoms with Crippen LogP contribution in [0.25, 0.3) is 0 Å². The fourth-order valence-electron chi connectivity index (χ4n) is 4.01. The van der Waals surface area contributed by atoms with Gasteiger partial charge in [-0.1, -0.05) is 19.9 Å². The third-order valence-corrected chi connectivity index (χ3v) is 5.79. The van der Waals surface area contributed by atoms with E-state index in [1.165, 1.54) is 20.0 Å². The second kappa shape index (κ2) is 8.80. The predicted octanol–water partition coefficient (Wildman–Crippen LogP) is 5.06. The Morgan fingerprint density at radius 1 is 1.16 bits per heavy atom. The summed E-state index contributed by atoms with van der Waals surface area (Å²) in [5.74, 6) is -0.327. The highest BCUT2D eigenvalue weighted by Gasteiger charge is 2.39. The van der Waals surface area contributed by atoms with Crippen LogP contribution in [0.15, 0.2) is 24.5 Å². The van der Waals surface area contributed by atoms with Crippen LogP contribution in [0.1, 0.15) is 63.8 Å². The van der Waals surface area contributed by atoms with E-state index in [1.807, 2.05) is 13.8 Å². The van der Waals surface area contributed by atoms with E-state index in [0.717, 1.165) is 6.20 Å². The molecule has 176 valence electrons. The van der Waals surface area contributed by atoms with Gasteiger partial charge in [-0.05, 0) is 50.2 Å². The number of hydrogen-bond donors (Lipinski definition) is 3. The minimum atomic E-state index is -4.63. The van der Waals surface area contributed by atoms with Gasteiger partial charge in [0.25, 0.3) is 0 Å². The van der Waals surface area contributed by atoms with Crippen LogP contribution in [0.4, 0.5) is 29.3 Å². The Morgan fingerprint density at radius 2 is 1.88 bits per heavy atom. The normalized spacial score (nSPS) is 21.3. The lowest BCUT2D eigenvalue weighted by Crippen LogP contribution is -2.41. The molecule has 0 unspecified atom stereocenters. The van der Waals surface area contributed by atoms with Crippen LogP contribution in [0.3, 0.4) is 0 Å². The lowest BCUT2D eigenvalue weighted by Gasteiger charge is -2.40. The molecule has 3 N–H and O–H groups in total. The average molecular weight is 456 g/mol. The molecule has 0 amide bonds. The maximum Gasteiger partial charge on any atom is 0.421 e. The van der Waals surface area contributed by atoms with Crippen molar-refractivity contribution in [1.82, 2.24) is 15.0 Å². The standard InChI is InChI=1S/C22H29F4N5O/c1-20(2)10-14(7-8-16(20)32)30-18-15(22(24,25)26)12-29-19(31-18)28-11-13-6-5-9-27-17(13)21(3,4)23/h5-6,9,12,14,16,32H,7-8,10-11H2,1-4H3,(H2,28,29,30,31)/t14-,16+/m1/s1. The summed E-state index contributed by atoms with van der Waals surface area (Å²) in [5.41, 5.74) is -2.26. The Balaban J connectivity index is 1.82. The molecule has 0 radical (unpaired) electrons. The number of rotatable bonds is 6. The molecule has 2 aromatic heterocycles. The first-order chi connectivity index (χ1) is 14.8. The van der Waals surface area contributed by atoms with E-state index in [1.54, 1.807) is 12.1 Å². The van der Waals surface area contributed by atoms with E-state index in [4.69, 9.17) is 0 Å². The summed E-state index contributed by atoms with van der Waals surface area (Å²) in [6.07, 6.45) is -1.38. The van der Waals surface area contributed by atoms with Crippen LogP contribution in [0.2, 0.25) is 0 Å². The minimum Gasteiger partial charge on any atom is -0.393 e. The van der Waals surface area contributed by atoms with Crippen molar-refractivity contribution in [3.8, 4) is 0 Å². The van der Waals surface area contributed by atoms with E-state index in [-0.39, 0.29) is 30.0 Å². The zero-order chi connectivity index (χ0) is 23.7. The van der Waals surface area contributed by atoms with Gasteiger partial charge in [0.05, 0.1) is 11.8 Å². The van der Waals surface area contributed by atoms with E-state index in [9.17, 15) is 22.7 Å². The highest BCUT2D eigenvalue weighted by atomic mass is 19.4. The Bertz CT molecular complexity index is 943. The molecular formula is C22H29F4N5O. The number of aliphatic hydroxyl groups is 1. The summed E-state index contributed by atoms with van der Waals surface area (Å²) in [4.78, 5) is 12.0. The molecule has 1 saturated carbocycles. The van der Waals surface area contributed by atoms with E-state index >= 15 is 0 Å². The molecule has 3 rings (SSSR count). The van der Waals surface area contributed by atoms with E-state index in [2.05, 4.69) is 25.6 Å². The number of halogens is 4. The van der Waals surface area contributed by atoms with Crippen LogP contribution in [0.5, 0.6) is 0 Å². The summed E-state index contributed by atoms with van der Waals surface area (Å²) in [6, 6.07) is 3.08. The number of nitrogens with one attached hydrogen (secondary N) is 2. The van der Waals surface area contributed by atoms with Crippen molar-refractivity contribution in [3.63, 3.8) is 0 Å². The third kappa shape index (κ3) is 5.65. The number of anilines is 2. The van der Waals surface area contributed by atoms with E-state index in [0.29, 0.717) is 24.8 Å². The van der Waals surface area contributed by atoms with Crippen molar-refractivity contribution in [2.45, 2.75) is 77.5 Å². The molecule has 1 fully saturated rings. The molecule has 0 bridgehead atoms. The maximum atomic E-state index is 14.4. The highest BCUT2D eigenvalue weighted by molar-refractivity contribution is 5.49. The van der Waals surface area contributed by atoms with Gasteiger partial charge in [-0.25, -0.2) is 9.37 Å². The van der Waals surface area contributed by atoms with Gasteiger partial charge in [-0.3, -0.25) is 4.98 Å². The van der Waals surface area contributed by atoms with Gasteiger partial charge in [0.1, 0.15) is 17.1 Å². The SMILES string of the molecule is CC(C)(F)c1ncccc1CNc1ncc(C(F)(F)F)c(N[C@@H]2CC[C@H](O)C(C)(C)C2)n1. The topological polar surface area (TPSA) is 83.0 Å². The van der Waals surface area contributed by atoms with Crippen LogP contribution >= 0.6 is 0 Å². The molecule has 2 heterocycles. The first kappa shape index (κ1) is 24.2. The molecule has 0 aliphatic heterocycles. The summed E-state index contributed by atoms with van der Waals surface area (Å²) >= 11 is 0. The van der Waals surface area contributed by atoms with E-state index < -0.39 is 28.9 Å². The van der Waals surface area contributed by atoms with Gasteiger partial charge in [-0.2, -0.15) is 18.2 Å². The number of nitrogens with zero attached hydrogens (tertiary/aromatic N) is 3. The fraction of sp³-hybridized carbons (Fsp3) is 0.591. The number of hydrogen-bond acceptors (Lipinski definition) is 6. The first-order valence-corrected chi connectivity index (χ1v) is 10.5. The molecule has 2 atom stereocenters.